The molecule has 0 fully saturated rings. The zero-order chi connectivity index (χ0) is 21.0. The standard InChI is InChI=1S/C25H27N5O/c31-25(28-22-10-6-11-23-21(22)16-27-29-23)26-15-20-14-13-19-9-4-5-12-24(19)30(20)17-18-7-2-1-3-8-18/h1-7,9-12,16,18,20H,8,13-15,17H2,(H,27,29)(H2,26,28,31). The van der Waals surface area contributed by atoms with Crippen LogP contribution in [0.1, 0.15) is 18.4 Å². The van der Waals surface area contributed by atoms with Gasteiger partial charge in [0.25, 0.3) is 0 Å². The molecule has 0 spiro atoms. The summed E-state index contributed by atoms with van der Waals surface area (Å²) in [6.07, 6.45) is 13.6. The molecule has 2 aromatic carbocycles. The third-order valence-electron chi connectivity index (χ3n) is 6.22. The second-order valence-corrected chi connectivity index (χ2v) is 8.25. The topological polar surface area (TPSA) is 73.1 Å². The van der Waals surface area contributed by atoms with E-state index >= 15 is 0 Å². The lowest BCUT2D eigenvalue weighted by atomic mass is 9.92. The zero-order valence-corrected chi connectivity index (χ0v) is 17.4. The molecule has 5 rings (SSSR count). The number of carbonyl (C=O) groups excluding carboxylic acids is 1. The zero-order valence-electron chi connectivity index (χ0n) is 17.4. The van der Waals surface area contributed by atoms with Crippen molar-refractivity contribution in [3.05, 3.63) is 78.5 Å². The van der Waals surface area contributed by atoms with Crippen LogP contribution >= 0.6 is 0 Å². The van der Waals surface area contributed by atoms with E-state index in [-0.39, 0.29) is 12.1 Å². The molecule has 2 heterocycles. The van der Waals surface area contributed by atoms with Gasteiger partial charge in [0.15, 0.2) is 0 Å². The number of nitrogens with one attached hydrogen (secondary N) is 3. The number of H-pyrrole nitrogens is 1. The summed E-state index contributed by atoms with van der Waals surface area (Å²) in [5.41, 5.74) is 4.36. The Morgan fingerprint density at radius 2 is 2.10 bits per heavy atom. The van der Waals surface area contributed by atoms with Crippen LogP contribution in [0.25, 0.3) is 10.9 Å². The lowest BCUT2D eigenvalue weighted by molar-refractivity contribution is 0.251. The van der Waals surface area contributed by atoms with E-state index in [0.717, 1.165) is 42.4 Å². The summed E-state index contributed by atoms with van der Waals surface area (Å²) in [7, 11) is 0. The maximum absolute atomic E-state index is 12.7. The monoisotopic (exact) mass is 413 g/mol. The van der Waals surface area contributed by atoms with E-state index in [2.05, 4.69) is 74.3 Å². The van der Waals surface area contributed by atoms with Crippen LogP contribution in [0.2, 0.25) is 0 Å². The third-order valence-corrected chi connectivity index (χ3v) is 6.22. The molecule has 0 radical (unpaired) electrons. The highest BCUT2D eigenvalue weighted by Crippen LogP contribution is 2.32. The number of hydrogen-bond donors (Lipinski definition) is 3. The number of aryl methyl sites for hydroxylation is 1. The number of para-hydroxylation sites is 1. The van der Waals surface area contributed by atoms with Crippen molar-refractivity contribution in [3.63, 3.8) is 0 Å². The maximum Gasteiger partial charge on any atom is 0.319 e. The van der Waals surface area contributed by atoms with Crippen molar-refractivity contribution in [2.75, 3.05) is 23.3 Å². The molecule has 2 unspecified atom stereocenters. The van der Waals surface area contributed by atoms with Crippen LogP contribution < -0.4 is 15.5 Å². The normalized spacial score (nSPS) is 19.9. The molecule has 1 aromatic heterocycles. The first kappa shape index (κ1) is 19.4. The van der Waals surface area contributed by atoms with Crippen molar-refractivity contribution in [2.24, 2.45) is 5.92 Å². The minimum Gasteiger partial charge on any atom is -0.366 e. The molecule has 2 amide bonds. The number of fused-ring (bicyclic) bond motifs is 2. The van der Waals surface area contributed by atoms with Gasteiger partial charge in [-0.2, -0.15) is 5.10 Å². The first-order valence-corrected chi connectivity index (χ1v) is 10.9. The van der Waals surface area contributed by atoms with Crippen molar-refractivity contribution in [2.45, 2.75) is 25.3 Å². The van der Waals surface area contributed by atoms with E-state index in [1.807, 2.05) is 18.2 Å². The largest absolute Gasteiger partial charge is 0.366 e. The number of allylic oxidation sites excluding steroid dienone is 3. The van der Waals surface area contributed by atoms with Crippen LogP contribution in [0.5, 0.6) is 0 Å². The van der Waals surface area contributed by atoms with Crippen molar-refractivity contribution >= 4 is 28.3 Å². The van der Waals surface area contributed by atoms with Gasteiger partial charge in [0.1, 0.15) is 0 Å². The Balaban J connectivity index is 1.28. The molecule has 0 saturated carbocycles. The molecule has 1 aliphatic carbocycles. The number of aromatic nitrogens is 2. The average Bonchev–Trinajstić information content (AvgIpc) is 3.29. The summed E-state index contributed by atoms with van der Waals surface area (Å²) in [4.78, 5) is 15.2. The number of urea groups is 1. The van der Waals surface area contributed by atoms with Gasteiger partial charge in [0, 0.05) is 30.2 Å². The van der Waals surface area contributed by atoms with Gasteiger partial charge < -0.3 is 15.5 Å². The number of amides is 2. The van der Waals surface area contributed by atoms with E-state index < -0.39 is 0 Å². The average molecular weight is 414 g/mol. The minimum atomic E-state index is -0.187. The number of anilines is 2. The fourth-order valence-corrected chi connectivity index (χ4v) is 4.61. The molecular weight excluding hydrogens is 386 g/mol. The van der Waals surface area contributed by atoms with E-state index in [4.69, 9.17) is 0 Å². The predicted molar refractivity (Wildman–Crippen MR) is 125 cm³/mol. The number of aromatic amines is 1. The molecule has 3 aromatic rings. The van der Waals surface area contributed by atoms with Crippen LogP contribution in [-0.4, -0.2) is 35.4 Å². The van der Waals surface area contributed by atoms with Crippen LogP contribution in [0, 0.1) is 5.92 Å². The molecule has 2 aliphatic rings. The molecular formula is C25H27N5O. The van der Waals surface area contributed by atoms with E-state index in [1.54, 1.807) is 6.20 Å². The Hall–Kier alpha value is -3.54. The van der Waals surface area contributed by atoms with Gasteiger partial charge in [-0.3, -0.25) is 5.10 Å². The van der Waals surface area contributed by atoms with Crippen LogP contribution in [0.15, 0.2) is 73.0 Å². The Labute approximate surface area is 182 Å². The number of rotatable bonds is 5. The summed E-state index contributed by atoms with van der Waals surface area (Å²) >= 11 is 0. The van der Waals surface area contributed by atoms with Crippen molar-refractivity contribution in [1.82, 2.24) is 15.5 Å². The summed E-state index contributed by atoms with van der Waals surface area (Å²) in [5.74, 6) is 0.492. The third kappa shape index (κ3) is 4.19. The van der Waals surface area contributed by atoms with Crippen molar-refractivity contribution in [3.8, 4) is 0 Å². The number of carbonyl (C=O) groups is 1. The van der Waals surface area contributed by atoms with Gasteiger partial charge in [-0.1, -0.05) is 48.6 Å². The Morgan fingerprint density at radius 3 is 3.00 bits per heavy atom. The number of nitrogens with zero attached hydrogens (tertiary/aromatic N) is 2. The molecule has 31 heavy (non-hydrogen) atoms. The fraction of sp³-hybridized carbons (Fsp3) is 0.280. The summed E-state index contributed by atoms with van der Waals surface area (Å²) in [5, 5.41) is 14.0. The van der Waals surface area contributed by atoms with Crippen molar-refractivity contribution in [1.29, 1.82) is 0 Å². The Morgan fingerprint density at radius 1 is 1.16 bits per heavy atom. The second-order valence-electron chi connectivity index (χ2n) is 8.25. The highest BCUT2D eigenvalue weighted by atomic mass is 16.2. The van der Waals surface area contributed by atoms with E-state index in [1.165, 1.54) is 11.3 Å². The minimum absolute atomic E-state index is 0.187. The Kier molecular flexibility index (Phi) is 5.44. The van der Waals surface area contributed by atoms with Gasteiger partial charge in [0.05, 0.1) is 17.4 Å². The Bertz CT molecular complexity index is 1130. The lowest BCUT2D eigenvalue weighted by Crippen LogP contribution is -2.49. The first-order valence-electron chi connectivity index (χ1n) is 10.9. The fourth-order valence-electron chi connectivity index (χ4n) is 4.61. The van der Waals surface area contributed by atoms with Crippen LogP contribution in [0.3, 0.4) is 0 Å². The highest BCUT2D eigenvalue weighted by molar-refractivity contribution is 6.00. The highest BCUT2D eigenvalue weighted by Gasteiger charge is 2.28. The summed E-state index contributed by atoms with van der Waals surface area (Å²) < 4.78 is 0. The number of hydrogen-bond acceptors (Lipinski definition) is 3. The molecule has 2 atom stereocenters. The number of benzene rings is 2. The van der Waals surface area contributed by atoms with E-state index in [0.29, 0.717) is 12.5 Å². The second kappa shape index (κ2) is 8.68. The molecule has 3 N–H and O–H groups in total. The SMILES string of the molecule is O=C(NCC1CCc2ccccc2N1CC1C=CC=CC1)Nc1cccc2[nH]ncc12. The van der Waals surface area contributed by atoms with Crippen LogP contribution in [0.4, 0.5) is 16.2 Å². The van der Waals surface area contributed by atoms with Gasteiger partial charge in [-0.15, -0.1) is 0 Å². The molecule has 0 bridgehead atoms. The molecule has 6 nitrogen and oxygen atoms in total. The summed E-state index contributed by atoms with van der Waals surface area (Å²) in [6.45, 7) is 1.56. The molecule has 1 aliphatic heterocycles. The van der Waals surface area contributed by atoms with E-state index in [9.17, 15) is 4.79 Å². The maximum atomic E-state index is 12.7. The first-order chi connectivity index (χ1) is 15.3. The van der Waals surface area contributed by atoms with Gasteiger partial charge in [-0.25, -0.2) is 4.79 Å². The smallest absolute Gasteiger partial charge is 0.319 e. The molecule has 6 heteroatoms. The quantitative estimate of drug-likeness (QED) is 0.571. The molecule has 158 valence electrons. The van der Waals surface area contributed by atoms with Crippen LogP contribution in [-0.2, 0) is 6.42 Å². The van der Waals surface area contributed by atoms with Gasteiger partial charge >= 0.3 is 6.03 Å². The summed E-state index contributed by atoms with van der Waals surface area (Å²) in [6, 6.07) is 14.5. The molecule has 0 saturated heterocycles. The van der Waals surface area contributed by atoms with Gasteiger partial charge in [0.2, 0.25) is 0 Å². The van der Waals surface area contributed by atoms with Gasteiger partial charge in [-0.05, 0) is 48.9 Å². The van der Waals surface area contributed by atoms with Crippen molar-refractivity contribution < 1.29 is 4.79 Å². The lowest BCUT2D eigenvalue weighted by Gasteiger charge is -2.40. The predicted octanol–water partition coefficient (Wildman–Crippen LogP) is 4.64.